The van der Waals surface area contributed by atoms with Crippen LogP contribution in [0.4, 0.5) is 0 Å². The van der Waals surface area contributed by atoms with E-state index in [9.17, 15) is 4.79 Å². The van der Waals surface area contributed by atoms with Gasteiger partial charge in [-0.3, -0.25) is 4.79 Å². The van der Waals surface area contributed by atoms with E-state index in [2.05, 4.69) is 0 Å². The van der Waals surface area contributed by atoms with Gasteiger partial charge in [0.25, 0.3) is 0 Å². The fourth-order valence-corrected chi connectivity index (χ4v) is 2.96. The van der Waals surface area contributed by atoms with Crippen LogP contribution in [0.1, 0.15) is 30.7 Å². The standard InChI is InChI=1S/C15H18O4/c1-17-12-4-2-3-11(9-12)13-5-6-15(10-14(13)16)18-7-8-19-15/h2-4,9,13H,5-8,10H2,1H3. The van der Waals surface area contributed by atoms with Crippen LogP contribution in [0.5, 0.6) is 5.75 Å². The Morgan fingerprint density at radius 2 is 2.11 bits per heavy atom. The van der Waals surface area contributed by atoms with Crippen molar-refractivity contribution >= 4 is 5.78 Å². The largest absolute Gasteiger partial charge is 0.497 e. The van der Waals surface area contributed by atoms with Gasteiger partial charge in [-0.15, -0.1) is 0 Å². The van der Waals surface area contributed by atoms with Crippen molar-refractivity contribution in [2.24, 2.45) is 0 Å². The molecule has 0 bridgehead atoms. The van der Waals surface area contributed by atoms with E-state index in [1.807, 2.05) is 24.3 Å². The molecule has 4 nitrogen and oxygen atoms in total. The average Bonchev–Trinajstić information content (AvgIpc) is 2.87. The Kier molecular flexibility index (Phi) is 3.29. The molecule has 1 saturated heterocycles. The van der Waals surface area contributed by atoms with Crippen LogP contribution in [0.3, 0.4) is 0 Å². The minimum Gasteiger partial charge on any atom is -0.497 e. The van der Waals surface area contributed by atoms with Gasteiger partial charge in [0.1, 0.15) is 11.5 Å². The highest BCUT2D eigenvalue weighted by Crippen LogP contribution is 2.40. The van der Waals surface area contributed by atoms with Crippen molar-refractivity contribution in [2.75, 3.05) is 20.3 Å². The van der Waals surface area contributed by atoms with Gasteiger partial charge in [0.2, 0.25) is 0 Å². The summed E-state index contributed by atoms with van der Waals surface area (Å²) in [6.07, 6.45) is 1.90. The minimum absolute atomic E-state index is 0.0616. The Bertz CT molecular complexity index is 477. The zero-order valence-electron chi connectivity index (χ0n) is 11.1. The molecule has 0 amide bonds. The van der Waals surface area contributed by atoms with E-state index in [0.717, 1.165) is 24.2 Å². The van der Waals surface area contributed by atoms with E-state index < -0.39 is 5.79 Å². The first-order valence-corrected chi connectivity index (χ1v) is 6.67. The van der Waals surface area contributed by atoms with Gasteiger partial charge < -0.3 is 14.2 Å². The molecular weight excluding hydrogens is 244 g/mol. The topological polar surface area (TPSA) is 44.8 Å². The number of ether oxygens (including phenoxy) is 3. The van der Waals surface area contributed by atoms with Crippen molar-refractivity contribution in [1.29, 1.82) is 0 Å². The molecule has 3 rings (SSSR count). The molecule has 2 fully saturated rings. The van der Waals surface area contributed by atoms with E-state index in [0.29, 0.717) is 19.6 Å². The maximum absolute atomic E-state index is 12.4. The van der Waals surface area contributed by atoms with Crippen molar-refractivity contribution in [3.05, 3.63) is 29.8 Å². The summed E-state index contributed by atoms with van der Waals surface area (Å²) in [5.41, 5.74) is 1.03. The first kappa shape index (κ1) is 12.6. The van der Waals surface area contributed by atoms with Crippen LogP contribution < -0.4 is 4.74 Å². The smallest absolute Gasteiger partial charge is 0.175 e. The number of carbonyl (C=O) groups is 1. The Morgan fingerprint density at radius 1 is 1.32 bits per heavy atom. The molecule has 1 unspecified atom stereocenters. The number of benzene rings is 1. The summed E-state index contributed by atoms with van der Waals surface area (Å²) in [6.45, 7) is 1.19. The van der Waals surface area contributed by atoms with E-state index in [4.69, 9.17) is 14.2 Å². The van der Waals surface area contributed by atoms with Gasteiger partial charge in [-0.1, -0.05) is 12.1 Å². The predicted molar refractivity (Wildman–Crippen MR) is 69.2 cm³/mol. The van der Waals surface area contributed by atoms with Gasteiger partial charge in [-0.05, 0) is 24.1 Å². The quantitative estimate of drug-likeness (QED) is 0.820. The van der Waals surface area contributed by atoms with Gasteiger partial charge in [-0.25, -0.2) is 0 Å². The molecule has 1 saturated carbocycles. The lowest BCUT2D eigenvalue weighted by molar-refractivity contribution is -0.182. The van der Waals surface area contributed by atoms with Crippen LogP contribution >= 0.6 is 0 Å². The molecule has 1 heterocycles. The number of rotatable bonds is 2. The second-order valence-electron chi connectivity index (χ2n) is 5.12. The molecule has 1 aliphatic heterocycles. The summed E-state index contributed by atoms with van der Waals surface area (Å²) in [5.74, 6) is 0.292. The zero-order chi connectivity index (χ0) is 13.3. The van der Waals surface area contributed by atoms with E-state index in [1.165, 1.54) is 0 Å². The summed E-state index contributed by atoms with van der Waals surface area (Å²) >= 11 is 0. The molecule has 19 heavy (non-hydrogen) atoms. The second-order valence-corrected chi connectivity index (χ2v) is 5.12. The molecule has 4 heteroatoms. The zero-order valence-corrected chi connectivity index (χ0v) is 11.1. The second kappa shape index (κ2) is 4.94. The third kappa shape index (κ3) is 2.38. The summed E-state index contributed by atoms with van der Waals surface area (Å²) in [5, 5.41) is 0. The van der Waals surface area contributed by atoms with Crippen LogP contribution in [0.15, 0.2) is 24.3 Å². The Balaban J connectivity index is 1.78. The van der Waals surface area contributed by atoms with Crippen molar-refractivity contribution in [1.82, 2.24) is 0 Å². The van der Waals surface area contributed by atoms with Crippen molar-refractivity contribution < 1.29 is 19.0 Å². The summed E-state index contributed by atoms with van der Waals surface area (Å²) in [4.78, 5) is 12.4. The SMILES string of the molecule is COc1cccc(C2CCC3(CC2=O)OCCO3)c1. The number of hydrogen-bond acceptors (Lipinski definition) is 4. The van der Waals surface area contributed by atoms with E-state index >= 15 is 0 Å². The molecule has 0 N–H and O–H groups in total. The number of methoxy groups -OCH3 is 1. The van der Waals surface area contributed by atoms with Crippen LogP contribution in [0, 0.1) is 0 Å². The highest BCUT2D eigenvalue weighted by Gasteiger charge is 2.44. The van der Waals surface area contributed by atoms with Crippen LogP contribution in [-0.2, 0) is 14.3 Å². The number of Topliss-reactive ketones (excluding diaryl/α,β-unsaturated/α-hetero) is 1. The number of ketones is 1. The normalized spacial score (nSPS) is 25.7. The monoisotopic (exact) mass is 262 g/mol. The van der Waals surface area contributed by atoms with Crippen molar-refractivity contribution in [3.8, 4) is 5.75 Å². The van der Waals surface area contributed by atoms with Gasteiger partial charge in [0.05, 0.1) is 26.7 Å². The van der Waals surface area contributed by atoms with Gasteiger partial charge >= 0.3 is 0 Å². The fourth-order valence-electron chi connectivity index (χ4n) is 2.96. The maximum atomic E-state index is 12.4. The summed E-state index contributed by atoms with van der Waals surface area (Å²) in [7, 11) is 1.64. The van der Waals surface area contributed by atoms with Gasteiger partial charge in [0.15, 0.2) is 5.79 Å². The molecule has 0 radical (unpaired) electrons. The van der Waals surface area contributed by atoms with E-state index in [-0.39, 0.29) is 11.7 Å². The molecule has 1 aromatic carbocycles. The lowest BCUT2D eigenvalue weighted by Gasteiger charge is -2.34. The van der Waals surface area contributed by atoms with Crippen LogP contribution in [0.25, 0.3) is 0 Å². The molecule has 1 atom stereocenters. The molecule has 1 spiro atoms. The molecular formula is C15H18O4. The third-order valence-electron chi connectivity index (χ3n) is 3.96. The molecule has 1 aliphatic carbocycles. The first-order valence-electron chi connectivity index (χ1n) is 6.67. The van der Waals surface area contributed by atoms with Crippen molar-refractivity contribution in [2.45, 2.75) is 31.0 Å². The molecule has 1 aromatic rings. The Hall–Kier alpha value is -1.39. The molecule has 0 aromatic heterocycles. The first-order chi connectivity index (χ1) is 9.22. The number of carbonyl (C=O) groups excluding carboxylic acids is 1. The molecule has 102 valence electrons. The van der Waals surface area contributed by atoms with Gasteiger partial charge in [-0.2, -0.15) is 0 Å². The molecule has 2 aliphatic rings. The lowest BCUT2D eigenvalue weighted by atomic mass is 9.80. The third-order valence-corrected chi connectivity index (χ3v) is 3.96. The summed E-state index contributed by atoms with van der Waals surface area (Å²) < 4.78 is 16.4. The lowest BCUT2D eigenvalue weighted by Crippen LogP contribution is -2.39. The maximum Gasteiger partial charge on any atom is 0.175 e. The fraction of sp³-hybridized carbons (Fsp3) is 0.533. The van der Waals surface area contributed by atoms with Crippen LogP contribution in [-0.4, -0.2) is 31.9 Å². The highest BCUT2D eigenvalue weighted by molar-refractivity contribution is 5.87. The highest BCUT2D eigenvalue weighted by atomic mass is 16.7. The van der Waals surface area contributed by atoms with Crippen LogP contribution in [0.2, 0.25) is 0 Å². The Morgan fingerprint density at radius 3 is 2.79 bits per heavy atom. The number of hydrogen-bond donors (Lipinski definition) is 0. The van der Waals surface area contributed by atoms with Gasteiger partial charge in [0, 0.05) is 12.3 Å². The average molecular weight is 262 g/mol. The van der Waals surface area contributed by atoms with E-state index in [1.54, 1.807) is 7.11 Å². The Labute approximate surface area is 112 Å². The predicted octanol–water partition coefficient (Wildman–Crippen LogP) is 2.27. The minimum atomic E-state index is -0.632. The summed E-state index contributed by atoms with van der Waals surface area (Å²) in [6, 6.07) is 7.74. The van der Waals surface area contributed by atoms with Crippen molar-refractivity contribution in [3.63, 3.8) is 0 Å².